The topological polar surface area (TPSA) is 110 Å². The summed E-state index contributed by atoms with van der Waals surface area (Å²) < 4.78 is 76.7. The number of aromatic nitrogens is 5. The highest BCUT2D eigenvalue weighted by Gasteiger charge is 2.26. The van der Waals surface area contributed by atoms with Gasteiger partial charge >= 0.3 is 5.97 Å². The van der Waals surface area contributed by atoms with E-state index in [1.807, 2.05) is 57.3 Å². The van der Waals surface area contributed by atoms with Crippen LogP contribution in [0.4, 0.5) is 8.78 Å². The van der Waals surface area contributed by atoms with E-state index in [0.29, 0.717) is 42.6 Å². The van der Waals surface area contributed by atoms with E-state index in [4.69, 9.17) is 9.47 Å². The van der Waals surface area contributed by atoms with Crippen molar-refractivity contribution in [2.45, 2.75) is 70.9 Å². The number of ether oxygens (including phenoxy) is 2. The highest BCUT2D eigenvalue weighted by Crippen LogP contribution is 2.40. The summed E-state index contributed by atoms with van der Waals surface area (Å²) in [6, 6.07) is 22.5. The first-order chi connectivity index (χ1) is 29.7. The number of halogens is 2. The van der Waals surface area contributed by atoms with Crippen LogP contribution >= 0.6 is 0 Å². The van der Waals surface area contributed by atoms with Crippen LogP contribution in [0.2, 0.25) is 0 Å². The summed E-state index contributed by atoms with van der Waals surface area (Å²) in [6.07, 6.45) is 11.5. The lowest BCUT2D eigenvalue weighted by Gasteiger charge is -2.21. The lowest BCUT2D eigenvalue weighted by molar-refractivity contribution is -0.143. The first kappa shape index (κ1) is 43.5. The van der Waals surface area contributed by atoms with Gasteiger partial charge in [-0.1, -0.05) is 68.0 Å². The highest BCUT2D eigenvalue weighted by atomic mass is 32.2. The summed E-state index contributed by atoms with van der Waals surface area (Å²) in [5, 5.41) is 9.62. The molecule has 320 valence electrons. The van der Waals surface area contributed by atoms with Crippen molar-refractivity contribution in [1.82, 2.24) is 23.5 Å². The molecule has 1 atom stereocenters. The second-order valence-electron chi connectivity index (χ2n) is 15.9. The summed E-state index contributed by atoms with van der Waals surface area (Å²) >= 11 is 0. The lowest BCUT2D eigenvalue weighted by Crippen LogP contribution is -2.16. The third-order valence-electron chi connectivity index (χ3n) is 10.8. The number of hydrogen-bond donors (Lipinski definition) is 0. The zero-order valence-corrected chi connectivity index (χ0v) is 36.0. The number of aryl methyl sites for hydroxylation is 2. The molecule has 0 aliphatic carbocycles. The van der Waals surface area contributed by atoms with Gasteiger partial charge in [-0.05, 0) is 85.8 Å². The predicted octanol–water partition coefficient (Wildman–Crippen LogP) is 10.8. The second kappa shape index (κ2) is 18.2. The Morgan fingerprint density at radius 2 is 1.74 bits per heavy atom. The molecule has 0 aliphatic heterocycles. The van der Waals surface area contributed by atoms with Crippen molar-refractivity contribution in [1.29, 1.82) is 0 Å². The van der Waals surface area contributed by atoms with E-state index in [1.54, 1.807) is 59.0 Å². The molecule has 0 saturated carbocycles. The van der Waals surface area contributed by atoms with Crippen molar-refractivity contribution in [2.75, 3.05) is 6.61 Å². The molecular weight excluding hydrogens is 809 g/mol. The van der Waals surface area contributed by atoms with Gasteiger partial charge in [0.15, 0.2) is 11.6 Å². The maximum absolute atomic E-state index is 16.7. The van der Waals surface area contributed by atoms with Gasteiger partial charge in [-0.3, -0.25) is 14.2 Å². The minimum Gasteiger partial charge on any atom is -0.466 e. The van der Waals surface area contributed by atoms with Crippen LogP contribution in [0.3, 0.4) is 0 Å². The lowest BCUT2D eigenvalue weighted by atomic mass is 9.94. The van der Waals surface area contributed by atoms with Gasteiger partial charge in [-0.15, -0.1) is 13.2 Å². The van der Waals surface area contributed by atoms with Gasteiger partial charge in [0.25, 0.3) is 10.0 Å². The van der Waals surface area contributed by atoms with Crippen molar-refractivity contribution in [3.8, 4) is 22.8 Å². The van der Waals surface area contributed by atoms with E-state index in [2.05, 4.69) is 23.4 Å². The monoisotopic (exact) mass is 857 g/mol. The van der Waals surface area contributed by atoms with E-state index in [1.165, 1.54) is 36.5 Å². The minimum absolute atomic E-state index is 0.0594. The first-order valence-electron chi connectivity index (χ1n) is 20.4. The number of nitrogens with zero attached hydrogens (tertiary/aromatic N) is 5. The van der Waals surface area contributed by atoms with E-state index >= 15 is 8.78 Å². The molecule has 7 aromatic rings. The molecule has 1 unspecified atom stereocenters. The molecule has 0 N–H and O–H groups in total. The largest absolute Gasteiger partial charge is 0.466 e. The first-order valence-corrected chi connectivity index (χ1v) is 21.8. The maximum Gasteiger partial charge on any atom is 0.306 e. The van der Waals surface area contributed by atoms with Gasteiger partial charge in [0, 0.05) is 66.0 Å². The average Bonchev–Trinajstić information content (AvgIpc) is 4.02. The van der Waals surface area contributed by atoms with Crippen LogP contribution < -0.4 is 4.74 Å². The number of hydrogen-bond acceptors (Lipinski definition) is 7. The van der Waals surface area contributed by atoms with Crippen molar-refractivity contribution >= 4 is 26.9 Å². The predicted molar refractivity (Wildman–Crippen MR) is 237 cm³/mol. The normalized spacial score (nSPS) is 12.4. The Hall–Kier alpha value is -6.60. The zero-order chi connectivity index (χ0) is 44.2. The number of esters is 1. The van der Waals surface area contributed by atoms with Gasteiger partial charge in [-0.25, -0.2) is 21.2 Å². The minimum atomic E-state index is -4.11. The molecule has 0 bridgehead atoms. The van der Waals surface area contributed by atoms with E-state index in [9.17, 15) is 13.2 Å². The smallest absolute Gasteiger partial charge is 0.306 e. The fourth-order valence-corrected chi connectivity index (χ4v) is 8.83. The van der Waals surface area contributed by atoms with Crippen molar-refractivity contribution in [3.05, 3.63) is 174 Å². The molecule has 0 saturated heterocycles. The molecule has 10 nitrogen and oxygen atoms in total. The second-order valence-corrected chi connectivity index (χ2v) is 17.8. The quantitative estimate of drug-likeness (QED) is 0.0624. The van der Waals surface area contributed by atoms with Crippen LogP contribution in [0.1, 0.15) is 67.5 Å². The zero-order valence-electron chi connectivity index (χ0n) is 35.2. The number of carbonyl (C=O) groups is 1. The van der Waals surface area contributed by atoms with Crippen molar-refractivity contribution < 1.29 is 31.5 Å². The third-order valence-corrected chi connectivity index (χ3v) is 12.5. The summed E-state index contributed by atoms with van der Waals surface area (Å²) in [5.41, 5.74) is 4.32. The Bertz CT molecular complexity index is 2880. The fraction of sp³-hybridized carbons (Fsp3) is 0.245. The average molecular weight is 858 g/mol. The van der Waals surface area contributed by atoms with Crippen LogP contribution in [0.15, 0.2) is 140 Å². The summed E-state index contributed by atoms with van der Waals surface area (Å²) in [5.74, 6) is -1.63. The molecule has 3 heterocycles. The number of fused-ring (bicyclic) bond motifs is 1. The molecule has 0 spiro atoms. The summed E-state index contributed by atoms with van der Waals surface area (Å²) in [6.45, 7) is 16.5. The van der Waals surface area contributed by atoms with Crippen molar-refractivity contribution in [2.24, 2.45) is 5.41 Å². The molecule has 0 radical (unpaired) electrons. The Morgan fingerprint density at radius 1 is 0.952 bits per heavy atom. The van der Waals surface area contributed by atoms with Gasteiger partial charge in [0.1, 0.15) is 11.6 Å². The molecule has 0 aliphatic rings. The molecule has 13 heteroatoms. The number of benzene rings is 4. The highest BCUT2D eigenvalue weighted by molar-refractivity contribution is 7.90. The van der Waals surface area contributed by atoms with E-state index in [0.717, 1.165) is 32.3 Å². The van der Waals surface area contributed by atoms with Gasteiger partial charge in [-0.2, -0.15) is 10.2 Å². The number of carbonyl (C=O) groups excluding carboxylic acids is 1. The molecule has 0 fully saturated rings. The molecule has 4 aromatic carbocycles. The molecule has 62 heavy (non-hydrogen) atoms. The summed E-state index contributed by atoms with van der Waals surface area (Å²) in [4.78, 5) is 12.1. The number of allylic oxidation sites excluding steroid dienone is 2. The molecule has 3 aromatic heterocycles. The van der Waals surface area contributed by atoms with Crippen molar-refractivity contribution in [3.63, 3.8) is 0 Å². The Kier molecular flexibility index (Phi) is 12.7. The fourth-order valence-electron chi connectivity index (χ4n) is 7.49. The van der Waals surface area contributed by atoms with Crippen LogP contribution in [0.5, 0.6) is 11.5 Å². The SMILES string of the molecule is C=CCC(c1cccc(CCC(=O)OCC)c1)n1nccc1-c1cc(Oc2c(F)cc3c(ccn3S(=O)(=O)c3ccc(C)cc3)c2Cc2cnn(CC(C)(C)C=C)c2)ccc1F. The standard InChI is InChI=1S/C49H49F2N5O5S/c1-7-11-44(36-13-10-12-34(26-36)16-21-47(57)60-9-3)56-45(22-24-52-56)41-28-37(17-20-42(41)50)61-48-40(27-35-30-53-54(31-35)32-49(5,6)8-2)39-23-25-55(46(39)29-43(48)51)62(58,59)38-18-14-33(4)15-19-38/h7-8,10,12-15,17-20,22-26,28-31,44H,1-2,9,11,16,21,27,32H2,3-6H3. The Labute approximate surface area is 360 Å². The number of rotatable bonds is 18. The molecular formula is C49H49F2N5O5S. The Morgan fingerprint density at radius 3 is 2.48 bits per heavy atom. The van der Waals surface area contributed by atoms with Crippen LogP contribution in [0.25, 0.3) is 22.2 Å². The van der Waals surface area contributed by atoms with Gasteiger partial charge in [0.05, 0.1) is 35.0 Å². The van der Waals surface area contributed by atoms with Gasteiger partial charge in [0.2, 0.25) is 0 Å². The van der Waals surface area contributed by atoms with Crippen LogP contribution in [-0.4, -0.2) is 44.5 Å². The third kappa shape index (κ3) is 9.32. The van der Waals surface area contributed by atoms with E-state index < -0.39 is 21.7 Å². The van der Waals surface area contributed by atoms with Crippen LogP contribution in [0, 0.1) is 24.0 Å². The van der Waals surface area contributed by atoms with Crippen LogP contribution in [-0.2, 0) is 38.9 Å². The maximum atomic E-state index is 16.7. The molecule has 0 amide bonds. The van der Waals surface area contributed by atoms with E-state index in [-0.39, 0.29) is 57.7 Å². The van der Waals surface area contributed by atoms with Gasteiger partial charge < -0.3 is 9.47 Å². The Balaban J connectivity index is 1.28. The summed E-state index contributed by atoms with van der Waals surface area (Å²) in [7, 11) is -4.11. The molecule has 7 rings (SSSR count).